The molecule has 2 N–H and O–H groups in total. The molecule has 0 bridgehead atoms. The maximum Gasteiger partial charge on any atom is 0.240 e. The monoisotopic (exact) mass is 298 g/mol. The molecule has 1 aromatic carbocycles. The SMILES string of the molecule is CCNCc1ccc(S(=O)(=O)NCC(CC)CC)cc1. The van der Waals surface area contributed by atoms with Crippen LogP contribution in [0, 0.1) is 5.92 Å². The average molecular weight is 298 g/mol. The third-order valence-corrected chi connectivity index (χ3v) is 4.97. The van der Waals surface area contributed by atoms with Crippen molar-refractivity contribution in [3.8, 4) is 0 Å². The summed E-state index contributed by atoms with van der Waals surface area (Å²) < 4.78 is 27.0. The summed E-state index contributed by atoms with van der Waals surface area (Å²) in [5.74, 6) is 0.401. The Morgan fingerprint density at radius 3 is 2.15 bits per heavy atom. The molecule has 0 saturated heterocycles. The van der Waals surface area contributed by atoms with Gasteiger partial charge in [0.25, 0.3) is 0 Å². The van der Waals surface area contributed by atoms with Gasteiger partial charge in [0, 0.05) is 13.1 Å². The van der Waals surface area contributed by atoms with Gasteiger partial charge in [-0.05, 0) is 30.2 Å². The van der Waals surface area contributed by atoms with E-state index in [1.807, 2.05) is 19.1 Å². The van der Waals surface area contributed by atoms with Crippen LogP contribution in [0.1, 0.15) is 39.2 Å². The van der Waals surface area contributed by atoms with E-state index in [1.54, 1.807) is 12.1 Å². The summed E-state index contributed by atoms with van der Waals surface area (Å²) in [6, 6.07) is 7.05. The van der Waals surface area contributed by atoms with Gasteiger partial charge in [-0.3, -0.25) is 0 Å². The second kappa shape index (κ2) is 8.39. The molecule has 0 spiro atoms. The first-order chi connectivity index (χ1) is 9.53. The van der Waals surface area contributed by atoms with Crippen molar-refractivity contribution in [2.75, 3.05) is 13.1 Å². The molecule has 0 saturated carbocycles. The largest absolute Gasteiger partial charge is 0.313 e. The van der Waals surface area contributed by atoms with Crippen molar-refractivity contribution in [1.29, 1.82) is 0 Å². The van der Waals surface area contributed by atoms with Gasteiger partial charge in [0.15, 0.2) is 0 Å². The number of benzene rings is 1. The summed E-state index contributed by atoms with van der Waals surface area (Å²) in [5.41, 5.74) is 1.09. The average Bonchev–Trinajstić information content (AvgIpc) is 2.46. The van der Waals surface area contributed by atoms with Crippen LogP contribution in [0.25, 0.3) is 0 Å². The molecule has 0 atom stereocenters. The molecular weight excluding hydrogens is 272 g/mol. The molecule has 0 aliphatic heterocycles. The van der Waals surface area contributed by atoms with Gasteiger partial charge in [-0.25, -0.2) is 13.1 Å². The molecule has 0 heterocycles. The molecular formula is C15H26N2O2S. The van der Waals surface area contributed by atoms with Crippen molar-refractivity contribution >= 4 is 10.0 Å². The molecule has 1 rings (SSSR count). The van der Waals surface area contributed by atoms with Crippen LogP contribution >= 0.6 is 0 Å². The van der Waals surface area contributed by atoms with Gasteiger partial charge in [-0.1, -0.05) is 45.7 Å². The predicted octanol–water partition coefficient (Wildman–Crippen LogP) is 2.51. The fourth-order valence-electron chi connectivity index (χ4n) is 1.94. The molecule has 4 nitrogen and oxygen atoms in total. The van der Waals surface area contributed by atoms with E-state index in [1.165, 1.54) is 0 Å². The van der Waals surface area contributed by atoms with E-state index in [0.717, 1.165) is 31.5 Å². The number of sulfonamides is 1. The molecule has 0 fully saturated rings. The highest BCUT2D eigenvalue weighted by Crippen LogP contribution is 2.12. The lowest BCUT2D eigenvalue weighted by molar-refractivity contribution is 0.479. The normalized spacial score (nSPS) is 12.0. The number of hydrogen-bond acceptors (Lipinski definition) is 3. The first-order valence-electron chi connectivity index (χ1n) is 7.32. The lowest BCUT2D eigenvalue weighted by Gasteiger charge is -2.13. The summed E-state index contributed by atoms with van der Waals surface area (Å²) in [6.07, 6.45) is 1.97. The Morgan fingerprint density at radius 1 is 1.05 bits per heavy atom. The molecule has 0 aromatic heterocycles. The zero-order chi connectivity index (χ0) is 15.0. The van der Waals surface area contributed by atoms with Crippen molar-refractivity contribution < 1.29 is 8.42 Å². The molecule has 1 aromatic rings. The third-order valence-electron chi connectivity index (χ3n) is 3.53. The van der Waals surface area contributed by atoms with Gasteiger partial charge in [-0.2, -0.15) is 0 Å². The smallest absolute Gasteiger partial charge is 0.240 e. The Kier molecular flexibility index (Phi) is 7.19. The quantitative estimate of drug-likeness (QED) is 0.736. The van der Waals surface area contributed by atoms with E-state index in [-0.39, 0.29) is 0 Å². The van der Waals surface area contributed by atoms with E-state index >= 15 is 0 Å². The Bertz CT molecular complexity index is 479. The zero-order valence-corrected chi connectivity index (χ0v) is 13.5. The lowest BCUT2D eigenvalue weighted by atomic mass is 10.0. The highest BCUT2D eigenvalue weighted by Gasteiger charge is 2.15. The van der Waals surface area contributed by atoms with Crippen molar-refractivity contribution in [2.24, 2.45) is 5.92 Å². The minimum atomic E-state index is -3.38. The van der Waals surface area contributed by atoms with Gasteiger partial charge in [0.2, 0.25) is 10.0 Å². The van der Waals surface area contributed by atoms with Crippen LogP contribution < -0.4 is 10.0 Å². The minimum absolute atomic E-state index is 0.337. The Balaban J connectivity index is 2.67. The molecule has 0 aliphatic carbocycles. The summed E-state index contributed by atoms with van der Waals surface area (Å²) in [5, 5.41) is 3.21. The fourth-order valence-corrected chi connectivity index (χ4v) is 3.06. The molecule has 0 unspecified atom stereocenters. The standard InChI is InChI=1S/C15H26N2O2S/c1-4-13(5-2)12-17-20(18,19)15-9-7-14(8-10-15)11-16-6-3/h7-10,13,16-17H,4-6,11-12H2,1-3H3. The number of nitrogens with one attached hydrogen (secondary N) is 2. The predicted molar refractivity (Wildman–Crippen MR) is 83.1 cm³/mol. The van der Waals surface area contributed by atoms with Crippen LogP contribution in [0.4, 0.5) is 0 Å². The minimum Gasteiger partial charge on any atom is -0.313 e. The molecule has 20 heavy (non-hydrogen) atoms. The second-order valence-corrected chi connectivity index (χ2v) is 6.73. The number of rotatable bonds is 9. The van der Waals surface area contributed by atoms with Gasteiger partial charge >= 0.3 is 0 Å². The van der Waals surface area contributed by atoms with Crippen LogP contribution in [0.3, 0.4) is 0 Å². The van der Waals surface area contributed by atoms with E-state index in [9.17, 15) is 8.42 Å². The van der Waals surface area contributed by atoms with E-state index in [4.69, 9.17) is 0 Å². The highest BCUT2D eigenvalue weighted by atomic mass is 32.2. The summed E-state index contributed by atoms with van der Waals surface area (Å²) >= 11 is 0. The Hall–Kier alpha value is -0.910. The van der Waals surface area contributed by atoms with E-state index < -0.39 is 10.0 Å². The fraction of sp³-hybridized carbons (Fsp3) is 0.600. The van der Waals surface area contributed by atoms with Gasteiger partial charge in [0.1, 0.15) is 0 Å². The van der Waals surface area contributed by atoms with Crippen LogP contribution in [-0.2, 0) is 16.6 Å². The van der Waals surface area contributed by atoms with Crippen LogP contribution in [0.2, 0.25) is 0 Å². The second-order valence-electron chi connectivity index (χ2n) is 4.96. The summed E-state index contributed by atoms with van der Waals surface area (Å²) in [4.78, 5) is 0.337. The molecule has 114 valence electrons. The molecule has 0 radical (unpaired) electrons. The van der Waals surface area contributed by atoms with E-state index in [0.29, 0.717) is 17.4 Å². The van der Waals surface area contributed by atoms with Crippen LogP contribution in [0.5, 0.6) is 0 Å². The summed E-state index contributed by atoms with van der Waals surface area (Å²) in [6.45, 7) is 8.38. The van der Waals surface area contributed by atoms with Gasteiger partial charge < -0.3 is 5.32 Å². The van der Waals surface area contributed by atoms with Crippen molar-refractivity contribution in [1.82, 2.24) is 10.0 Å². The van der Waals surface area contributed by atoms with Crippen LogP contribution in [0.15, 0.2) is 29.2 Å². The maximum atomic E-state index is 12.2. The summed E-state index contributed by atoms with van der Waals surface area (Å²) in [7, 11) is -3.38. The number of hydrogen-bond donors (Lipinski definition) is 2. The van der Waals surface area contributed by atoms with Gasteiger partial charge in [0.05, 0.1) is 4.90 Å². The lowest BCUT2D eigenvalue weighted by Crippen LogP contribution is -2.29. The Labute approximate surface area is 123 Å². The Morgan fingerprint density at radius 2 is 1.65 bits per heavy atom. The molecule has 0 aliphatic rings. The maximum absolute atomic E-state index is 12.2. The topological polar surface area (TPSA) is 58.2 Å². The third kappa shape index (κ3) is 5.23. The van der Waals surface area contributed by atoms with E-state index in [2.05, 4.69) is 23.9 Å². The first kappa shape index (κ1) is 17.1. The van der Waals surface area contributed by atoms with Crippen molar-refractivity contribution in [2.45, 2.75) is 45.1 Å². The van der Waals surface area contributed by atoms with Gasteiger partial charge in [-0.15, -0.1) is 0 Å². The van der Waals surface area contributed by atoms with Crippen molar-refractivity contribution in [3.63, 3.8) is 0 Å². The zero-order valence-electron chi connectivity index (χ0n) is 12.6. The van der Waals surface area contributed by atoms with Crippen LogP contribution in [-0.4, -0.2) is 21.5 Å². The first-order valence-corrected chi connectivity index (χ1v) is 8.81. The van der Waals surface area contributed by atoms with Crippen molar-refractivity contribution in [3.05, 3.63) is 29.8 Å². The highest BCUT2D eigenvalue weighted by molar-refractivity contribution is 7.89. The molecule has 0 amide bonds. The molecule has 5 heteroatoms.